The third-order valence-electron chi connectivity index (χ3n) is 4.68. The predicted molar refractivity (Wildman–Crippen MR) is 84.5 cm³/mol. The number of carboxylic acid groups (broad SMARTS) is 1. The smallest absolute Gasteiger partial charge is 0.309 e. The number of nitrogens with zero attached hydrogens (tertiary/aromatic N) is 1. The Morgan fingerprint density at radius 3 is 2.46 bits per heavy atom. The van der Waals surface area contributed by atoms with Crippen molar-refractivity contribution in [1.82, 2.24) is 9.71 Å². The fourth-order valence-corrected chi connectivity index (χ4v) is 6.07. The molecule has 126 valence electrons. The number of thiazole rings is 1. The highest BCUT2D eigenvalue weighted by Gasteiger charge is 2.73. The van der Waals surface area contributed by atoms with E-state index in [0.29, 0.717) is 29.8 Å². The lowest BCUT2D eigenvalue weighted by Crippen LogP contribution is -2.76. The van der Waals surface area contributed by atoms with Crippen molar-refractivity contribution in [3.63, 3.8) is 0 Å². The van der Waals surface area contributed by atoms with Gasteiger partial charge in [0.25, 0.3) is 10.0 Å². The summed E-state index contributed by atoms with van der Waals surface area (Å²) in [5.41, 5.74) is -0.751. The summed E-state index contributed by atoms with van der Waals surface area (Å²) >= 11 is 1.16. The van der Waals surface area contributed by atoms with E-state index >= 15 is 0 Å². The number of hydrogen-bond donors (Lipinski definition) is 2. The van der Waals surface area contributed by atoms with Gasteiger partial charge in [0.05, 0.1) is 5.41 Å². The summed E-state index contributed by atoms with van der Waals surface area (Å²) in [5, 5.41) is 10.9. The number of nitrogens with one attached hydrogen (secondary N) is 1. The van der Waals surface area contributed by atoms with Crippen molar-refractivity contribution in [2.24, 2.45) is 5.41 Å². The van der Waals surface area contributed by atoms with Gasteiger partial charge in [-0.15, -0.1) is 11.3 Å². The molecule has 3 fully saturated rings. The van der Waals surface area contributed by atoms with E-state index in [1.165, 1.54) is 29.6 Å². The monoisotopic (exact) mass is 368 g/mol. The molecule has 6 nitrogen and oxygen atoms in total. The number of carbonyl (C=O) groups is 1. The van der Waals surface area contributed by atoms with Crippen molar-refractivity contribution < 1.29 is 22.7 Å². The van der Waals surface area contributed by atoms with E-state index < -0.39 is 26.9 Å². The third kappa shape index (κ3) is 2.27. The minimum absolute atomic E-state index is 0.0964. The zero-order chi connectivity index (χ0) is 17.2. The molecular weight excluding hydrogens is 355 g/mol. The Kier molecular flexibility index (Phi) is 3.16. The molecule has 0 saturated heterocycles. The summed E-state index contributed by atoms with van der Waals surface area (Å²) in [5.74, 6) is -1.24. The van der Waals surface area contributed by atoms with Gasteiger partial charge in [0.15, 0.2) is 5.03 Å². The van der Waals surface area contributed by atoms with Crippen molar-refractivity contribution in [1.29, 1.82) is 0 Å². The van der Waals surface area contributed by atoms with Crippen LogP contribution in [0, 0.1) is 11.2 Å². The highest BCUT2D eigenvalue weighted by Crippen LogP contribution is 2.67. The van der Waals surface area contributed by atoms with E-state index in [1.54, 1.807) is 0 Å². The average Bonchev–Trinajstić information content (AvgIpc) is 2.92. The third-order valence-corrected chi connectivity index (χ3v) is 7.19. The van der Waals surface area contributed by atoms with Crippen molar-refractivity contribution in [2.45, 2.75) is 29.8 Å². The van der Waals surface area contributed by atoms with Gasteiger partial charge in [0.2, 0.25) is 0 Å². The maximum Gasteiger partial charge on any atom is 0.309 e. The Hall–Kier alpha value is -1.84. The molecule has 0 atom stereocenters. The Labute approximate surface area is 141 Å². The fourth-order valence-electron chi connectivity index (χ4n) is 3.57. The number of aromatic nitrogens is 1. The van der Waals surface area contributed by atoms with Crippen LogP contribution < -0.4 is 4.72 Å². The zero-order valence-electron chi connectivity index (χ0n) is 12.3. The summed E-state index contributed by atoms with van der Waals surface area (Å²) in [6.45, 7) is 0. The predicted octanol–water partition coefficient (Wildman–Crippen LogP) is 2.23. The maximum atomic E-state index is 13.0. The van der Waals surface area contributed by atoms with Crippen LogP contribution in [-0.4, -0.2) is 30.0 Å². The Balaban J connectivity index is 1.52. The molecule has 0 amide bonds. The lowest BCUT2D eigenvalue weighted by Gasteiger charge is -2.67. The highest BCUT2D eigenvalue weighted by atomic mass is 32.2. The van der Waals surface area contributed by atoms with E-state index in [4.69, 9.17) is 5.11 Å². The van der Waals surface area contributed by atoms with Crippen molar-refractivity contribution in [3.05, 3.63) is 35.5 Å². The first-order valence-electron chi connectivity index (χ1n) is 7.23. The molecular formula is C15H13FN2O4S2. The summed E-state index contributed by atoms with van der Waals surface area (Å²) in [6.07, 6.45) is 0.969. The standard InChI is InChI=1S/C15H13FN2O4S2/c16-10-3-1-9(2-4-10)12-17-11(5-23-12)24(21,22)18-15-6-14(7-15,8-15)13(19)20/h1-5,18H,6-8H2,(H,19,20). The van der Waals surface area contributed by atoms with Crippen LogP contribution in [0.25, 0.3) is 10.6 Å². The van der Waals surface area contributed by atoms with Gasteiger partial charge in [-0.25, -0.2) is 22.5 Å². The molecule has 0 unspecified atom stereocenters. The number of aliphatic carboxylic acids is 1. The van der Waals surface area contributed by atoms with Gasteiger partial charge in [0, 0.05) is 16.5 Å². The minimum Gasteiger partial charge on any atom is -0.481 e. The summed E-state index contributed by atoms with van der Waals surface area (Å²) in [7, 11) is -3.81. The van der Waals surface area contributed by atoms with E-state index in [9.17, 15) is 17.6 Å². The second kappa shape index (κ2) is 4.84. The molecule has 1 aromatic carbocycles. The molecule has 1 heterocycles. The van der Waals surface area contributed by atoms with E-state index in [2.05, 4.69) is 9.71 Å². The van der Waals surface area contributed by atoms with Crippen LogP contribution >= 0.6 is 11.3 Å². The maximum absolute atomic E-state index is 13.0. The number of rotatable bonds is 5. The summed E-state index contributed by atoms with van der Waals surface area (Å²) in [6, 6.07) is 5.65. The Bertz CT molecular complexity index is 917. The highest BCUT2D eigenvalue weighted by molar-refractivity contribution is 7.89. The normalized spacial score (nSPS) is 28.0. The molecule has 0 aliphatic heterocycles. The molecule has 24 heavy (non-hydrogen) atoms. The first-order valence-corrected chi connectivity index (χ1v) is 9.59. The summed E-state index contributed by atoms with van der Waals surface area (Å²) < 4.78 is 40.5. The topological polar surface area (TPSA) is 96.4 Å². The molecule has 2 bridgehead atoms. The molecule has 2 aromatic rings. The molecule has 0 radical (unpaired) electrons. The number of carboxylic acids is 1. The van der Waals surface area contributed by atoms with Crippen LogP contribution in [0.1, 0.15) is 19.3 Å². The average molecular weight is 368 g/mol. The van der Waals surface area contributed by atoms with Crippen LogP contribution in [-0.2, 0) is 14.8 Å². The number of halogens is 1. The minimum atomic E-state index is -3.81. The van der Waals surface area contributed by atoms with Crippen LogP contribution in [0.2, 0.25) is 0 Å². The van der Waals surface area contributed by atoms with Gasteiger partial charge in [0.1, 0.15) is 10.8 Å². The first-order chi connectivity index (χ1) is 11.2. The van der Waals surface area contributed by atoms with Gasteiger partial charge >= 0.3 is 5.97 Å². The largest absolute Gasteiger partial charge is 0.481 e. The Morgan fingerprint density at radius 1 is 1.25 bits per heavy atom. The lowest BCUT2D eigenvalue weighted by atomic mass is 9.40. The number of benzene rings is 1. The second-order valence-corrected chi connectivity index (χ2v) is 8.99. The van der Waals surface area contributed by atoms with Gasteiger partial charge < -0.3 is 5.11 Å². The van der Waals surface area contributed by atoms with Crippen molar-refractivity contribution >= 4 is 27.3 Å². The van der Waals surface area contributed by atoms with Gasteiger partial charge in [-0.1, -0.05) is 0 Å². The molecule has 0 spiro atoms. The SMILES string of the molecule is O=C(O)C12CC(NS(=O)(=O)c3csc(-c4ccc(F)cc4)n3)(C1)C2. The van der Waals surface area contributed by atoms with Gasteiger partial charge in [-0.2, -0.15) is 0 Å². The first kappa shape index (κ1) is 15.7. The van der Waals surface area contributed by atoms with E-state index in [1.807, 2.05) is 0 Å². The van der Waals surface area contributed by atoms with Crippen LogP contribution in [0.4, 0.5) is 4.39 Å². The molecule has 9 heteroatoms. The number of hydrogen-bond acceptors (Lipinski definition) is 5. The molecule has 3 aliphatic carbocycles. The molecule has 3 saturated carbocycles. The van der Waals surface area contributed by atoms with Crippen LogP contribution in [0.5, 0.6) is 0 Å². The van der Waals surface area contributed by atoms with Gasteiger partial charge in [-0.05, 0) is 43.5 Å². The molecule has 5 rings (SSSR count). The van der Waals surface area contributed by atoms with Crippen molar-refractivity contribution in [2.75, 3.05) is 0 Å². The van der Waals surface area contributed by atoms with Crippen LogP contribution in [0.3, 0.4) is 0 Å². The van der Waals surface area contributed by atoms with Gasteiger partial charge in [-0.3, -0.25) is 4.79 Å². The summed E-state index contributed by atoms with van der Waals surface area (Å²) in [4.78, 5) is 15.2. The van der Waals surface area contributed by atoms with E-state index in [-0.39, 0.29) is 10.8 Å². The number of sulfonamides is 1. The van der Waals surface area contributed by atoms with Crippen molar-refractivity contribution in [3.8, 4) is 10.6 Å². The second-order valence-electron chi connectivity index (χ2n) is 6.50. The lowest BCUT2D eigenvalue weighted by molar-refractivity contribution is -0.194. The molecule has 1 aromatic heterocycles. The quantitative estimate of drug-likeness (QED) is 0.844. The molecule has 3 aliphatic rings. The zero-order valence-corrected chi connectivity index (χ0v) is 14.0. The molecule has 2 N–H and O–H groups in total. The van der Waals surface area contributed by atoms with E-state index in [0.717, 1.165) is 11.3 Å². The Morgan fingerprint density at radius 2 is 1.88 bits per heavy atom. The fraction of sp³-hybridized carbons (Fsp3) is 0.333. The van der Waals surface area contributed by atoms with Crippen LogP contribution in [0.15, 0.2) is 34.7 Å².